The van der Waals surface area contributed by atoms with Crippen molar-refractivity contribution >= 4 is 27.0 Å². The summed E-state index contributed by atoms with van der Waals surface area (Å²) >= 11 is 1.16. The van der Waals surface area contributed by atoms with Gasteiger partial charge in [-0.25, -0.2) is 8.42 Å². The van der Waals surface area contributed by atoms with Crippen LogP contribution in [0.15, 0.2) is 40.6 Å². The Bertz CT molecular complexity index is 663. The highest BCUT2D eigenvalue weighted by molar-refractivity contribution is 7.94. The Morgan fingerprint density at radius 3 is 2.37 bits per heavy atom. The molecular weight excluding hydrogens is 284 g/mol. The van der Waals surface area contributed by atoms with Crippen LogP contribution in [-0.2, 0) is 16.6 Å². The molecule has 7 heteroatoms. The van der Waals surface area contributed by atoms with Gasteiger partial charge in [-0.3, -0.25) is 4.31 Å². The fourth-order valence-corrected chi connectivity index (χ4v) is 4.14. The first-order valence-corrected chi connectivity index (χ1v) is 7.77. The first-order chi connectivity index (χ1) is 8.95. The van der Waals surface area contributed by atoms with Crippen molar-refractivity contribution in [3.05, 3.63) is 41.3 Å². The van der Waals surface area contributed by atoms with Crippen LogP contribution in [0, 0.1) is 0 Å². The number of sulfonamides is 1. The molecule has 102 valence electrons. The van der Waals surface area contributed by atoms with Crippen molar-refractivity contribution < 1.29 is 13.5 Å². The Hall–Kier alpha value is -1.57. The lowest BCUT2D eigenvalue weighted by Gasteiger charge is -2.18. The number of anilines is 1. The van der Waals surface area contributed by atoms with Gasteiger partial charge in [0.25, 0.3) is 10.0 Å². The molecule has 2 aromatic rings. The third-order valence-electron chi connectivity index (χ3n) is 2.67. The zero-order valence-corrected chi connectivity index (χ0v) is 11.9. The SMILES string of the molecule is CN(c1ccc(O)cc1)S(=O)(=O)c1ccc(CN)s1. The average molecular weight is 298 g/mol. The molecule has 0 aliphatic heterocycles. The second-order valence-corrected chi connectivity index (χ2v) is 7.28. The van der Waals surface area contributed by atoms with Gasteiger partial charge in [-0.05, 0) is 36.4 Å². The fraction of sp³-hybridized carbons (Fsp3) is 0.167. The van der Waals surface area contributed by atoms with Crippen molar-refractivity contribution in [3.8, 4) is 5.75 Å². The lowest BCUT2D eigenvalue weighted by molar-refractivity contribution is 0.475. The van der Waals surface area contributed by atoms with Gasteiger partial charge in [0.05, 0.1) is 5.69 Å². The van der Waals surface area contributed by atoms with Crippen LogP contribution in [0.4, 0.5) is 5.69 Å². The molecule has 2 rings (SSSR count). The molecule has 5 nitrogen and oxygen atoms in total. The summed E-state index contributed by atoms with van der Waals surface area (Å²) in [5.74, 6) is 0.0936. The first kappa shape index (κ1) is 13.9. The molecule has 0 radical (unpaired) electrons. The Balaban J connectivity index is 2.36. The summed E-state index contributed by atoms with van der Waals surface area (Å²) in [6.45, 7) is 0.323. The lowest BCUT2D eigenvalue weighted by atomic mass is 10.3. The van der Waals surface area contributed by atoms with E-state index in [4.69, 9.17) is 5.73 Å². The van der Waals surface area contributed by atoms with Crippen LogP contribution < -0.4 is 10.0 Å². The van der Waals surface area contributed by atoms with Crippen molar-refractivity contribution in [1.29, 1.82) is 0 Å². The summed E-state index contributed by atoms with van der Waals surface area (Å²) in [4.78, 5) is 0.817. The monoisotopic (exact) mass is 298 g/mol. The van der Waals surface area contributed by atoms with Gasteiger partial charge in [0, 0.05) is 18.5 Å². The molecule has 3 N–H and O–H groups in total. The molecule has 1 heterocycles. The highest BCUT2D eigenvalue weighted by Crippen LogP contribution is 2.28. The molecule has 19 heavy (non-hydrogen) atoms. The highest BCUT2D eigenvalue weighted by atomic mass is 32.2. The second-order valence-electron chi connectivity index (χ2n) is 3.91. The van der Waals surface area contributed by atoms with Gasteiger partial charge in [0.1, 0.15) is 9.96 Å². The molecule has 0 fully saturated rings. The number of thiophene rings is 1. The van der Waals surface area contributed by atoms with Gasteiger partial charge >= 0.3 is 0 Å². The Labute approximate surface area is 116 Å². The number of phenolic OH excluding ortho intramolecular Hbond substituents is 1. The van der Waals surface area contributed by atoms with E-state index >= 15 is 0 Å². The molecular formula is C12H14N2O3S2. The molecule has 0 atom stereocenters. The topological polar surface area (TPSA) is 83.6 Å². The van der Waals surface area contributed by atoms with E-state index in [1.807, 2.05) is 0 Å². The van der Waals surface area contributed by atoms with Gasteiger partial charge in [-0.1, -0.05) is 0 Å². The third kappa shape index (κ3) is 2.73. The van der Waals surface area contributed by atoms with Gasteiger partial charge in [0.2, 0.25) is 0 Å². The smallest absolute Gasteiger partial charge is 0.273 e. The molecule has 0 amide bonds. The van der Waals surface area contributed by atoms with E-state index in [0.717, 1.165) is 16.2 Å². The zero-order valence-electron chi connectivity index (χ0n) is 10.3. The predicted molar refractivity (Wildman–Crippen MR) is 75.9 cm³/mol. The van der Waals surface area contributed by atoms with E-state index in [9.17, 15) is 13.5 Å². The molecule has 0 saturated carbocycles. The number of aromatic hydroxyl groups is 1. The minimum absolute atomic E-state index is 0.0936. The van der Waals surface area contributed by atoms with Crippen LogP contribution in [0.3, 0.4) is 0 Å². The standard InChI is InChI=1S/C12H14N2O3S2/c1-14(9-2-4-10(15)5-3-9)19(16,17)12-7-6-11(8-13)18-12/h2-7,15H,8,13H2,1H3. The molecule has 0 spiro atoms. The van der Waals surface area contributed by atoms with E-state index in [2.05, 4.69) is 0 Å². The van der Waals surface area contributed by atoms with Gasteiger partial charge in [-0.15, -0.1) is 11.3 Å². The van der Waals surface area contributed by atoms with E-state index < -0.39 is 10.0 Å². The number of nitrogens with two attached hydrogens (primary N) is 1. The van der Waals surface area contributed by atoms with Crippen LogP contribution in [-0.4, -0.2) is 20.6 Å². The first-order valence-electron chi connectivity index (χ1n) is 5.52. The summed E-state index contributed by atoms with van der Waals surface area (Å²) in [6.07, 6.45) is 0. The molecule has 0 bridgehead atoms. The van der Waals surface area contributed by atoms with Crippen molar-refractivity contribution in [2.45, 2.75) is 10.8 Å². The minimum Gasteiger partial charge on any atom is -0.508 e. The molecule has 0 aliphatic rings. The maximum absolute atomic E-state index is 12.4. The molecule has 0 saturated heterocycles. The van der Waals surface area contributed by atoms with Gasteiger partial charge in [0.15, 0.2) is 0 Å². The number of hydrogen-bond acceptors (Lipinski definition) is 5. The number of phenols is 1. The molecule has 1 aromatic heterocycles. The van der Waals surface area contributed by atoms with Crippen LogP contribution in [0.5, 0.6) is 5.75 Å². The van der Waals surface area contributed by atoms with Crippen LogP contribution >= 0.6 is 11.3 Å². The number of benzene rings is 1. The van der Waals surface area contributed by atoms with E-state index in [0.29, 0.717) is 12.2 Å². The lowest BCUT2D eigenvalue weighted by Crippen LogP contribution is -2.25. The summed E-state index contributed by atoms with van der Waals surface area (Å²) < 4.78 is 26.2. The Morgan fingerprint density at radius 1 is 1.21 bits per heavy atom. The van der Waals surface area contributed by atoms with Crippen molar-refractivity contribution in [2.24, 2.45) is 5.73 Å². The van der Waals surface area contributed by atoms with E-state index in [1.54, 1.807) is 24.3 Å². The van der Waals surface area contributed by atoms with Crippen LogP contribution in [0.25, 0.3) is 0 Å². The Kier molecular flexibility index (Phi) is 3.79. The predicted octanol–water partition coefficient (Wildman–Crippen LogP) is 1.74. The molecule has 0 aliphatic carbocycles. The van der Waals surface area contributed by atoms with Crippen molar-refractivity contribution in [3.63, 3.8) is 0 Å². The zero-order chi connectivity index (χ0) is 14.0. The van der Waals surface area contributed by atoms with Crippen molar-refractivity contribution in [1.82, 2.24) is 0 Å². The molecule has 0 unspecified atom stereocenters. The highest BCUT2D eigenvalue weighted by Gasteiger charge is 2.23. The Morgan fingerprint density at radius 2 is 1.84 bits per heavy atom. The van der Waals surface area contributed by atoms with Gasteiger partial charge < -0.3 is 10.8 Å². The third-order valence-corrected chi connectivity index (χ3v) is 6.03. The van der Waals surface area contributed by atoms with E-state index in [1.165, 1.54) is 23.5 Å². The summed E-state index contributed by atoms with van der Waals surface area (Å²) in [6, 6.07) is 9.25. The number of nitrogens with zero attached hydrogens (tertiary/aromatic N) is 1. The van der Waals surface area contributed by atoms with Gasteiger partial charge in [-0.2, -0.15) is 0 Å². The van der Waals surface area contributed by atoms with Crippen molar-refractivity contribution in [2.75, 3.05) is 11.4 Å². The number of rotatable bonds is 4. The normalized spacial score (nSPS) is 11.5. The van der Waals surface area contributed by atoms with E-state index in [-0.39, 0.29) is 9.96 Å². The summed E-state index contributed by atoms with van der Waals surface area (Å²) in [7, 11) is -2.10. The number of hydrogen-bond donors (Lipinski definition) is 2. The average Bonchev–Trinajstić information content (AvgIpc) is 2.88. The maximum Gasteiger partial charge on any atom is 0.273 e. The fourth-order valence-electron chi connectivity index (χ4n) is 1.54. The van der Waals surface area contributed by atoms with Crippen LogP contribution in [0.2, 0.25) is 0 Å². The summed E-state index contributed by atoms with van der Waals surface area (Å²) in [5, 5.41) is 9.21. The minimum atomic E-state index is -3.58. The maximum atomic E-state index is 12.4. The molecule has 1 aromatic carbocycles. The van der Waals surface area contributed by atoms with Crippen LogP contribution in [0.1, 0.15) is 4.88 Å². The largest absolute Gasteiger partial charge is 0.508 e. The summed E-state index contributed by atoms with van der Waals surface area (Å²) in [5.41, 5.74) is 5.97. The second kappa shape index (κ2) is 5.20. The quantitative estimate of drug-likeness (QED) is 0.900.